The first kappa shape index (κ1) is 17.6. The lowest BCUT2D eigenvalue weighted by atomic mass is 10.0. The van der Waals surface area contributed by atoms with E-state index in [0.29, 0.717) is 22.4 Å². The minimum atomic E-state index is -0.0721. The molecule has 0 aromatic heterocycles. The Balaban J connectivity index is 1.60. The lowest BCUT2D eigenvalue weighted by molar-refractivity contribution is 0.0920. The molecule has 3 rings (SSSR count). The third kappa shape index (κ3) is 4.25. The number of hydrogen-bond acceptors (Lipinski definition) is 3. The normalized spacial score (nSPS) is 10.3. The maximum absolute atomic E-state index is 12.4. The van der Waals surface area contributed by atoms with Gasteiger partial charge >= 0.3 is 0 Å². The second-order valence-electron chi connectivity index (χ2n) is 5.98. The molecule has 3 heteroatoms. The standard InChI is InChI=1S/C23H20O3/c1-2-17-8-10-18(11-9-17)22(24)16-26-21-14-12-20(13-15-21)23(25)19-6-4-3-5-7-19/h3-15H,2,16H2,1H3. The van der Waals surface area contributed by atoms with E-state index in [9.17, 15) is 9.59 Å². The van der Waals surface area contributed by atoms with Crippen molar-refractivity contribution in [2.45, 2.75) is 13.3 Å². The Hall–Kier alpha value is -3.20. The quantitative estimate of drug-likeness (QED) is 0.581. The van der Waals surface area contributed by atoms with E-state index >= 15 is 0 Å². The fraction of sp³-hybridized carbons (Fsp3) is 0.130. The van der Waals surface area contributed by atoms with Crippen LogP contribution in [-0.4, -0.2) is 18.2 Å². The van der Waals surface area contributed by atoms with Gasteiger partial charge in [0.1, 0.15) is 5.75 Å². The lowest BCUT2D eigenvalue weighted by Gasteiger charge is -2.07. The van der Waals surface area contributed by atoms with E-state index in [1.807, 2.05) is 42.5 Å². The molecular formula is C23H20O3. The summed E-state index contributed by atoms with van der Waals surface area (Å²) in [6.45, 7) is 2.05. The van der Waals surface area contributed by atoms with Crippen LogP contribution in [0.2, 0.25) is 0 Å². The van der Waals surface area contributed by atoms with E-state index in [2.05, 4.69) is 6.92 Å². The molecule has 0 aliphatic carbocycles. The molecule has 0 aliphatic rings. The van der Waals surface area contributed by atoms with Gasteiger partial charge in [-0.2, -0.15) is 0 Å². The molecule has 0 unspecified atom stereocenters. The molecule has 0 bridgehead atoms. The SMILES string of the molecule is CCc1ccc(C(=O)COc2ccc(C(=O)c3ccccc3)cc2)cc1. The van der Waals surface area contributed by atoms with Crippen molar-refractivity contribution in [3.63, 3.8) is 0 Å². The van der Waals surface area contributed by atoms with Crippen LogP contribution in [0, 0.1) is 0 Å². The number of ether oxygens (including phenoxy) is 1. The van der Waals surface area contributed by atoms with Crippen molar-refractivity contribution >= 4 is 11.6 Å². The number of rotatable bonds is 7. The van der Waals surface area contributed by atoms with E-state index in [1.165, 1.54) is 5.56 Å². The smallest absolute Gasteiger partial charge is 0.200 e. The van der Waals surface area contributed by atoms with Crippen LogP contribution in [0.5, 0.6) is 5.75 Å². The first-order chi connectivity index (χ1) is 12.7. The van der Waals surface area contributed by atoms with Crippen molar-refractivity contribution in [1.29, 1.82) is 0 Å². The molecule has 0 atom stereocenters. The Morgan fingerprint density at radius 2 is 1.31 bits per heavy atom. The number of carbonyl (C=O) groups excluding carboxylic acids is 2. The van der Waals surface area contributed by atoms with Crippen LogP contribution in [0.25, 0.3) is 0 Å². The molecule has 3 aromatic carbocycles. The van der Waals surface area contributed by atoms with Crippen LogP contribution < -0.4 is 4.74 Å². The predicted octanol–water partition coefficient (Wildman–Crippen LogP) is 4.74. The summed E-state index contributed by atoms with van der Waals surface area (Å²) in [5, 5.41) is 0. The summed E-state index contributed by atoms with van der Waals surface area (Å²) in [6, 6.07) is 23.5. The Morgan fingerprint density at radius 1 is 0.731 bits per heavy atom. The predicted molar refractivity (Wildman–Crippen MR) is 102 cm³/mol. The van der Waals surface area contributed by atoms with Gasteiger partial charge in [0, 0.05) is 16.7 Å². The van der Waals surface area contributed by atoms with Crippen LogP contribution in [0.1, 0.15) is 38.8 Å². The van der Waals surface area contributed by atoms with Gasteiger partial charge in [-0.15, -0.1) is 0 Å². The summed E-state index contributed by atoms with van der Waals surface area (Å²) < 4.78 is 5.56. The van der Waals surface area contributed by atoms with Crippen LogP contribution in [0.3, 0.4) is 0 Å². The third-order valence-corrected chi connectivity index (χ3v) is 4.21. The molecule has 130 valence electrons. The van der Waals surface area contributed by atoms with Gasteiger partial charge in [-0.05, 0) is 36.2 Å². The largest absolute Gasteiger partial charge is 0.485 e. The highest BCUT2D eigenvalue weighted by Crippen LogP contribution is 2.16. The van der Waals surface area contributed by atoms with Crippen molar-refractivity contribution in [1.82, 2.24) is 0 Å². The molecule has 3 aromatic rings. The summed E-state index contributed by atoms with van der Waals surface area (Å²) in [5.41, 5.74) is 3.07. The number of hydrogen-bond donors (Lipinski definition) is 0. The van der Waals surface area contributed by atoms with Crippen molar-refractivity contribution in [2.75, 3.05) is 6.61 Å². The first-order valence-corrected chi connectivity index (χ1v) is 8.62. The molecule has 3 nitrogen and oxygen atoms in total. The minimum Gasteiger partial charge on any atom is -0.485 e. The second kappa shape index (κ2) is 8.26. The molecule has 0 heterocycles. The van der Waals surface area contributed by atoms with Gasteiger partial charge in [0.05, 0.1) is 0 Å². The van der Waals surface area contributed by atoms with E-state index in [1.54, 1.807) is 36.4 Å². The first-order valence-electron chi connectivity index (χ1n) is 8.62. The highest BCUT2D eigenvalue weighted by Gasteiger charge is 2.10. The Morgan fingerprint density at radius 3 is 1.92 bits per heavy atom. The highest BCUT2D eigenvalue weighted by molar-refractivity contribution is 6.09. The fourth-order valence-corrected chi connectivity index (χ4v) is 2.62. The van der Waals surface area contributed by atoms with Crippen LogP contribution >= 0.6 is 0 Å². The number of benzene rings is 3. The average molecular weight is 344 g/mol. The molecule has 0 N–H and O–H groups in total. The van der Waals surface area contributed by atoms with Gasteiger partial charge in [0.2, 0.25) is 0 Å². The zero-order valence-corrected chi connectivity index (χ0v) is 14.6. The average Bonchev–Trinajstić information content (AvgIpc) is 2.72. The van der Waals surface area contributed by atoms with E-state index in [-0.39, 0.29) is 18.2 Å². The summed E-state index contributed by atoms with van der Waals surface area (Å²) in [7, 11) is 0. The van der Waals surface area contributed by atoms with E-state index in [0.717, 1.165) is 6.42 Å². The molecule has 0 radical (unpaired) electrons. The zero-order valence-electron chi connectivity index (χ0n) is 14.6. The van der Waals surface area contributed by atoms with Gasteiger partial charge in [0.25, 0.3) is 0 Å². The minimum absolute atomic E-state index is 0.0303. The van der Waals surface area contributed by atoms with Gasteiger partial charge in [-0.3, -0.25) is 9.59 Å². The molecule has 26 heavy (non-hydrogen) atoms. The molecule has 0 spiro atoms. The van der Waals surface area contributed by atoms with Gasteiger partial charge in [0.15, 0.2) is 18.2 Å². The Bertz CT molecular complexity index is 879. The highest BCUT2D eigenvalue weighted by atomic mass is 16.5. The van der Waals surface area contributed by atoms with Gasteiger partial charge in [-0.25, -0.2) is 0 Å². The van der Waals surface area contributed by atoms with Crippen molar-refractivity contribution in [2.24, 2.45) is 0 Å². The van der Waals surface area contributed by atoms with Crippen LogP contribution in [0.4, 0.5) is 0 Å². The zero-order chi connectivity index (χ0) is 18.4. The van der Waals surface area contributed by atoms with Crippen molar-refractivity contribution in [3.8, 4) is 5.75 Å². The maximum atomic E-state index is 12.4. The Labute approximate surface area is 153 Å². The fourth-order valence-electron chi connectivity index (χ4n) is 2.62. The van der Waals surface area contributed by atoms with Gasteiger partial charge in [-0.1, -0.05) is 61.5 Å². The van der Waals surface area contributed by atoms with Crippen molar-refractivity contribution < 1.29 is 14.3 Å². The number of Topliss-reactive ketones (excluding diaryl/α,β-unsaturated/α-hetero) is 1. The molecule has 0 fully saturated rings. The monoisotopic (exact) mass is 344 g/mol. The topological polar surface area (TPSA) is 43.4 Å². The van der Waals surface area contributed by atoms with E-state index < -0.39 is 0 Å². The van der Waals surface area contributed by atoms with Gasteiger partial charge < -0.3 is 4.74 Å². The molecule has 0 saturated heterocycles. The van der Waals surface area contributed by atoms with Crippen LogP contribution in [0.15, 0.2) is 78.9 Å². The summed E-state index contributed by atoms with van der Waals surface area (Å²) >= 11 is 0. The van der Waals surface area contributed by atoms with E-state index in [4.69, 9.17) is 4.74 Å². The molecule has 0 amide bonds. The number of ketones is 2. The maximum Gasteiger partial charge on any atom is 0.200 e. The molecular weight excluding hydrogens is 324 g/mol. The molecule has 0 aliphatic heterocycles. The van der Waals surface area contributed by atoms with Crippen LogP contribution in [-0.2, 0) is 6.42 Å². The van der Waals surface area contributed by atoms with Crippen molar-refractivity contribution in [3.05, 3.63) is 101 Å². The summed E-state index contributed by atoms with van der Waals surface area (Å²) in [5.74, 6) is 0.453. The Kier molecular flexibility index (Phi) is 5.59. The summed E-state index contributed by atoms with van der Waals surface area (Å²) in [4.78, 5) is 24.6. The summed E-state index contributed by atoms with van der Waals surface area (Å²) in [6.07, 6.45) is 0.943. The second-order valence-corrected chi connectivity index (χ2v) is 5.98. The molecule has 0 saturated carbocycles. The third-order valence-electron chi connectivity index (χ3n) is 4.21. The lowest BCUT2D eigenvalue weighted by Crippen LogP contribution is -2.11. The number of carbonyl (C=O) groups is 2. The number of aryl methyl sites for hydroxylation is 1.